The molecule has 2 fully saturated rings. The molecule has 4 nitrogen and oxygen atoms in total. The molecule has 4 heteroatoms. The van der Waals surface area contributed by atoms with Gasteiger partial charge in [0.25, 0.3) is 0 Å². The van der Waals surface area contributed by atoms with Crippen molar-refractivity contribution >= 4 is 5.97 Å². The predicted molar refractivity (Wildman–Crippen MR) is 78.8 cm³/mol. The van der Waals surface area contributed by atoms with Crippen LogP contribution >= 0.6 is 0 Å². The second-order valence-corrected chi connectivity index (χ2v) is 6.37. The van der Waals surface area contributed by atoms with E-state index in [9.17, 15) is 4.79 Å². The molecule has 0 aliphatic carbocycles. The molecule has 0 radical (unpaired) electrons. The van der Waals surface area contributed by atoms with Gasteiger partial charge in [0.1, 0.15) is 0 Å². The van der Waals surface area contributed by atoms with Crippen molar-refractivity contribution in [1.82, 2.24) is 4.90 Å². The van der Waals surface area contributed by atoms with Crippen molar-refractivity contribution in [3.63, 3.8) is 0 Å². The average molecular weight is 283 g/mol. The number of aliphatic carboxylic acids is 1. The summed E-state index contributed by atoms with van der Waals surface area (Å²) < 4.78 is 5.83. The highest BCUT2D eigenvalue weighted by atomic mass is 16.5. The van der Waals surface area contributed by atoms with Gasteiger partial charge in [0.05, 0.1) is 6.10 Å². The second kappa shape index (κ2) is 7.99. The van der Waals surface area contributed by atoms with E-state index in [0.29, 0.717) is 24.5 Å². The highest BCUT2D eigenvalue weighted by molar-refractivity contribution is 5.66. The van der Waals surface area contributed by atoms with E-state index < -0.39 is 5.97 Å². The maximum Gasteiger partial charge on any atom is 0.303 e. The quantitative estimate of drug-likeness (QED) is 0.814. The Morgan fingerprint density at radius 3 is 2.65 bits per heavy atom. The summed E-state index contributed by atoms with van der Waals surface area (Å²) in [5, 5.41) is 8.76. The Morgan fingerprint density at radius 2 is 2.00 bits per heavy atom. The zero-order valence-electron chi connectivity index (χ0n) is 12.7. The van der Waals surface area contributed by atoms with Gasteiger partial charge in [0, 0.05) is 19.1 Å². The summed E-state index contributed by atoms with van der Waals surface area (Å²) in [6.07, 6.45) is 8.74. The highest BCUT2D eigenvalue weighted by Crippen LogP contribution is 2.28. The summed E-state index contributed by atoms with van der Waals surface area (Å²) in [6.45, 7) is 5.43. The Labute approximate surface area is 122 Å². The largest absolute Gasteiger partial charge is 0.481 e. The summed E-state index contributed by atoms with van der Waals surface area (Å²) in [4.78, 5) is 13.3. The molecular formula is C16H29NO3. The first-order chi connectivity index (χ1) is 9.69. The zero-order chi connectivity index (χ0) is 14.4. The second-order valence-electron chi connectivity index (χ2n) is 6.37. The van der Waals surface area contributed by atoms with Crippen LogP contribution in [0.4, 0.5) is 0 Å². The van der Waals surface area contributed by atoms with Crippen molar-refractivity contribution in [2.45, 2.75) is 70.4 Å². The van der Waals surface area contributed by atoms with Crippen LogP contribution < -0.4 is 0 Å². The molecule has 116 valence electrons. The lowest BCUT2D eigenvalue weighted by Crippen LogP contribution is -2.46. The third-order valence-corrected chi connectivity index (χ3v) is 4.88. The first kappa shape index (κ1) is 15.8. The van der Waals surface area contributed by atoms with Crippen LogP contribution in [0.3, 0.4) is 0 Å². The van der Waals surface area contributed by atoms with Crippen molar-refractivity contribution in [1.29, 1.82) is 0 Å². The maximum atomic E-state index is 10.6. The fourth-order valence-electron chi connectivity index (χ4n) is 3.65. The first-order valence-electron chi connectivity index (χ1n) is 8.26. The Balaban J connectivity index is 1.71. The monoisotopic (exact) mass is 283 g/mol. The maximum absolute atomic E-state index is 10.6. The number of likely N-dealkylation sites (tertiary alicyclic amines) is 1. The SMILES string of the molecule is CCCC1CC(N2CCC(CCC(=O)O)CC2)CCO1. The van der Waals surface area contributed by atoms with Gasteiger partial charge in [-0.15, -0.1) is 0 Å². The molecule has 2 atom stereocenters. The van der Waals surface area contributed by atoms with Gasteiger partial charge in [-0.05, 0) is 57.5 Å². The smallest absolute Gasteiger partial charge is 0.303 e. The van der Waals surface area contributed by atoms with Crippen molar-refractivity contribution in [2.24, 2.45) is 5.92 Å². The molecule has 2 rings (SSSR count). The Morgan fingerprint density at radius 1 is 1.25 bits per heavy atom. The Kier molecular flexibility index (Phi) is 6.30. The lowest BCUT2D eigenvalue weighted by atomic mass is 9.89. The highest BCUT2D eigenvalue weighted by Gasteiger charge is 2.29. The summed E-state index contributed by atoms with van der Waals surface area (Å²) in [5.41, 5.74) is 0. The van der Waals surface area contributed by atoms with Crippen LogP contribution in [0.1, 0.15) is 58.3 Å². The number of carbonyl (C=O) groups is 1. The molecule has 0 aromatic heterocycles. The van der Waals surface area contributed by atoms with Gasteiger partial charge in [-0.25, -0.2) is 0 Å². The van der Waals surface area contributed by atoms with E-state index in [0.717, 1.165) is 26.1 Å². The minimum absolute atomic E-state index is 0.334. The van der Waals surface area contributed by atoms with E-state index in [1.54, 1.807) is 0 Å². The molecule has 2 unspecified atom stereocenters. The average Bonchev–Trinajstić information content (AvgIpc) is 2.46. The lowest BCUT2D eigenvalue weighted by molar-refractivity contribution is -0.137. The van der Waals surface area contributed by atoms with Crippen LogP contribution in [-0.4, -0.2) is 47.8 Å². The molecule has 0 bridgehead atoms. The standard InChI is InChI=1S/C16H29NO3/c1-2-3-15-12-14(8-11-20-15)17-9-6-13(7-10-17)4-5-16(18)19/h13-15H,2-12H2,1H3,(H,18,19). The number of rotatable bonds is 6. The zero-order valence-corrected chi connectivity index (χ0v) is 12.7. The van der Waals surface area contributed by atoms with E-state index in [2.05, 4.69) is 11.8 Å². The molecule has 0 saturated carbocycles. The topological polar surface area (TPSA) is 49.8 Å². The van der Waals surface area contributed by atoms with Crippen LogP contribution in [0.2, 0.25) is 0 Å². The van der Waals surface area contributed by atoms with Crippen molar-refractivity contribution in [3.8, 4) is 0 Å². The van der Waals surface area contributed by atoms with Crippen molar-refractivity contribution in [2.75, 3.05) is 19.7 Å². The summed E-state index contributed by atoms with van der Waals surface area (Å²) in [7, 11) is 0. The fourth-order valence-corrected chi connectivity index (χ4v) is 3.65. The minimum Gasteiger partial charge on any atom is -0.481 e. The van der Waals surface area contributed by atoms with E-state index in [-0.39, 0.29) is 0 Å². The van der Waals surface area contributed by atoms with Crippen LogP contribution in [-0.2, 0) is 9.53 Å². The first-order valence-corrected chi connectivity index (χ1v) is 8.26. The number of carboxylic acids is 1. The van der Waals surface area contributed by atoms with Gasteiger partial charge >= 0.3 is 5.97 Å². The van der Waals surface area contributed by atoms with E-state index in [1.807, 2.05) is 0 Å². The third-order valence-electron chi connectivity index (χ3n) is 4.88. The molecule has 2 saturated heterocycles. The van der Waals surface area contributed by atoms with Gasteiger partial charge in [0.15, 0.2) is 0 Å². The molecule has 2 aliphatic heterocycles. The number of hydrogen-bond acceptors (Lipinski definition) is 3. The fraction of sp³-hybridized carbons (Fsp3) is 0.938. The number of nitrogens with zero attached hydrogens (tertiary/aromatic N) is 1. The predicted octanol–water partition coefficient (Wildman–Crippen LogP) is 2.91. The van der Waals surface area contributed by atoms with E-state index in [4.69, 9.17) is 9.84 Å². The van der Waals surface area contributed by atoms with Crippen LogP contribution in [0.25, 0.3) is 0 Å². The van der Waals surface area contributed by atoms with E-state index >= 15 is 0 Å². The minimum atomic E-state index is -0.653. The van der Waals surface area contributed by atoms with Gasteiger partial charge in [-0.3, -0.25) is 4.79 Å². The summed E-state index contributed by atoms with van der Waals surface area (Å²) >= 11 is 0. The van der Waals surface area contributed by atoms with Gasteiger partial charge in [0.2, 0.25) is 0 Å². The number of hydrogen-bond donors (Lipinski definition) is 1. The summed E-state index contributed by atoms with van der Waals surface area (Å²) in [6, 6.07) is 0.695. The third kappa shape index (κ3) is 4.74. The van der Waals surface area contributed by atoms with Crippen LogP contribution in [0.5, 0.6) is 0 Å². The molecule has 1 N–H and O–H groups in total. The van der Waals surface area contributed by atoms with Crippen molar-refractivity contribution in [3.05, 3.63) is 0 Å². The molecule has 0 amide bonds. The molecule has 0 aromatic carbocycles. The molecule has 0 aromatic rings. The number of ether oxygens (including phenoxy) is 1. The normalized spacial score (nSPS) is 29.4. The van der Waals surface area contributed by atoms with Gasteiger partial charge in [-0.1, -0.05) is 13.3 Å². The Hall–Kier alpha value is -0.610. The van der Waals surface area contributed by atoms with Crippen LogP contribution in [0, 0.1) is 5.92 Å². The van der Waals surface area contributed by atoms with Crippen molar-refractivity contribution < 1.29 is 14.6 Å². The molecule has 2 aliphatic rings. The van der Waals surface area contributed by atoms with E-state index in [1.165, 1.54) is 38.5 Å². The van der Waals surface area contributed by atoms with Crippen LogP contribution in [0.15, 0.2) is 0 Å². The molecule has 0 spiro atoms. The molecule has 20 heavy (non-hydrogen) atoms. The summed E-state index contributed by atoms with van der Waals surface area (Å²) in [5.74, 6) is -0.0344. The number of carboxylic acid groups (broad SMARTS) is 1. The molecular weight excluding hydrogens is 254 g/mol. The van der Waals surface area contributed by atoms with Gasteiger partial charge in [-0.2, -0.15) is 0 Å². The number of piperidine rings is 1. The molecule has 2 heterocycles. The Bertz CT molecular complexity index is 298. The van der Waals surface area contributed by atoms with Gasteiger partial charge < -0.3 is 14.7 Å². The lowest BCUT2D eigenvalue weighted by Gasteiger charge is -2.41.